The van der Waals surface area contributed by atoms with Gasteiger partial charge < -0.3 is 49.2 Å². The first kappa shape index (κ1) is 44.1. The standard InChI is InChI=1S/C21H26N2O3.C19H27NO5.CH4O/c1-25-19-12-11-17(15-20(19)26-2)7-3-6-16-8-4-9-18(14-16)23-21(24)10-5-13-22;1-5-15(19(22)20-9-7-6-8-14(20)12-21)13-10-16(23-2)18(25-4)17(11-13)24-3;1-2/h4,8-9,11-15,22H,3,5-7,10H2,1-2H3,(H,23,24);10-12,14-15H,5-9H2,1-4H3;2H,1H3. The van der Waals surface area contributed by atoms with Crippen molar-refractivity contribution in [2.24, 2.45) is 0 Å². The lowest BCUT2D eigenvalue weighted by molar-refractivity contribution is -0.139. The minimum absolute atomic E-state index is 0.0198. The number of aliphatic hydroxyl groups is 1. The number of aldehydes is 1. The zero-order chi connectivity index (χ0) is 39.2. The maximum atomic E-state index is 13.1. The van der Waals surface area contributed by atoms with Crippen LogP contribution in [-0.2, 0) is 27.2 Å². The van der Waals surface area contributed by atoms with E-state index in [0.29, 0.717) is 43.1 Å². The highest BCUT2D eigenvalue weighted by Gasteiger charge is 2.32. The Hall–Kier alpha value is -5.10. The Morgan fingerprint density at radius 2 is 1.51 bits per heavy atom. The van der Waals surface area contributed by atoms with E-state index in [0.717, 1.165) is 74.7 Å². The molecular formula is C41H57N3O9. The lowest BCUT2D eigenvalue weighted by atomic mass is 9.92. The van der Waals surface area contributed by atoms with E-state index in [4.69, 9.17) is 34.2 Å². The molecule has 2 amide bonds. The minimum atomic E-state index is -0.353. The maximum absolute atomic E-state index is 13.1. The maximum Gasteiger partial charge on any atom is 0.230 e. The number of amides is 2. The van der Waals surface area contributed by atoms with Crippen LogP contribution in [0.1, 0.15) is 74.5 Å². The fourth-order valence-electron chi connectivity index (χ4n) is 6.19. The SMILES string of the molecule is CCC(C(=O)N1CCCCC1C=O)c1cc(OC)c(OC)c(OC)c1.CO.COc1ccc(CCCc2cccc(NC(=O)CCC=N)c2)cc1OC. The number of rotatable bonds is 17. The van der Waals surface area contributed by atoms with E-state index < -0.39 is 0 Å². The molecule has 2 atom stereocenters. The van der Waals surface area contributed by atoms with Gasteiger partial charge in [-0.25, -0.2) is 0 Å². The number of nitrogens with zero attached hydrogens (tertiary/aromatic N) is 1. The van der Waals surface area contributed by atoms with E-state index in [2.05, 4.69) is 17.4 Å². The third-order valence-electron chi connectivity index (χ3n) is 8.89. The van der Waals surface area contributed by atoms with Crippen LogP contribution >= 0.6 is 0 Å². The first-order valence-electron chi connectivity index (χ1n) is 17.9. The summed E-state index contributed by atoms with van der Waals surface area (Å²) in [5.41, 5.74) is 4.01. The van der Waals surface area contributed by atoms with E-state index >= 15 is 0 Å². The molecular weight excluding hydrogens is 678 g/mol. The number of piperidine rings is 1. The molecule has 1 aliphatic heterocycles. The van der Waals surface area contributed by atoms with E-state index in [9.17, 15) is 14.4 Å². The first-order chi connectivity index (χ1) is 25.8. The van der Waals surface area contributed by atoms with Crippen molar-refractivity contribution in [1.82, 2.24) is 4.90 Å². The van der Waals surface area contributed by atoms with Crippen LogP contribution in [0.2, 0.25) is 0 Å². The summed E-state index contributed by atoms with van der Waals surface area (Å²) in [7, 11) is 8.93. The summed E-state index contributed by atoms with van der Waals surface area (Å²) in [6, 6.07) is 17.2. The second-order valence-electron chi connectivity index (χ2n) is 12.2. The quantitative estimate of drug-likeness (QED) is 0.102. The summed E-state index contributed by atoms with van der Waals surface area (Å²) in [4.78, 5) is 37.9. The number of anilines is 1. The van der Waals surface area contributed by atoms with Gasteiger partial charge in [-0.15, -0.1) is 0 Å². The number of hydrogen-bond acceptors (Lipinski definition) is 10. The Morgan fingerprint density at radius 3 is 2.08 bits per heavy atom. The molecule has 12 nitrogen and oxygen atoms in total. The van der Waals surface area contributed by atoms with Gasteiger partial charge in [0, 0.05) is 25.8 Å². The lowest BCUT2D eigenvalue weighted by Gasteiger charge is -2.35. The second-order valence-corrected chi connectivity index (χ2v) is 12.2. The van der Waals surface area contributed by atoms with Gasteiger partial charge in [0.05, 0.1) is 47.5 Å². The molecule has 0 saturated carbocycles. The number of aliphatic hydroxyl groups excluding tert-OH is 1. The molecule has 53 heavy (non-hydrogen) atoms. The summed E-state index contributed by atoms with van der Waals surface area (Å²) in [5, 5.41) is 16.9. The number of ether oxygens (including phenoxy) is 5. The number of likely N-dealkylation sites (tertiary alicyclic amines) is 1. The molecule has 290 valence electrons. The van der Waals surface area contributed by atoms with Crippen LogP contribution in [0.3, 0.4) is 0 Å². The number of aryl methyl sites for hydroxylation is 2. The number of benzene rings is 3. The molecule has 1 heterocycles. The van der Waals surface area contributed by atoms with Crippen LogP contribution in [-0.4, -0.2) is 89.6 Å². The average Bonchev–Trinajstić information content (AvgIpc) is 3.20. The van der Waals surface area contributed by atoms with Gasteiger partial charge in [0.1, 0.15) is 6.29 Å². The zero-order valence-electron chi connectivity index (χ0n) is 32.2. The van der Waals surface area contributed by atoms with Crippen LogP contribution in [0, 0.1) is 5.41 Å². The van der Waals surface area contributed by atoms with Gasteiger partial charge in [-0.2, -0.15) is 0 Å². The van der Waals surface area contributed by atoms with Crippen LogP contribution in [0.15, 0.2) is 54.6 Å². The predicted molar refractivity (Wildman–Crippen MR) is 207 cm³/mol. The van der Waals surface area contributed by atoms with Crippen molar-refractivity contribution in [3.8, 4) is 28.7 Å². The summed E-state index contributed by atoms with van der Waals surface area (Å²) in [6.07, 6.45) is 9.10. The van der Waals surface area contributed by atoms with Crippen molar-refractivity contribution < 1.29 is 43.2 Å². The highest BCUT2D eigenvalue weighted by molar-refractivity contribution is 5.91. The highest BCUT2D eigenvalue weighted by atomic mass is 16.5. The molecule has 0 aromatic heterocycles. The summed E-state index contributed by atoms with van der Waals surface area (Å²) in [5.74, 6) is 2.60. The molecule has 0 aliphatic carbocycles. The largest absolute Gasteiger partial charge is 0.493 e. The van der Waals surface area contributed by atoms with Gasteiger partial charge in [0.15, 0.2) is 23.0 Å². The van der Waals surface area contributed by atoms with Gasteiger partial charge in [-0.3, -0.25) is 9.59 Å². The molecule has 0 spiro atoms. The normalized spacial score (nSPS) is 13.8. The van der Waals surface area contributed by atoms with Crippen molar-refractivity contribution in [3.63, 3.8) is 0 Å². The van der Waals surface area contributed by atoms with Crippen molar-refractivity contribution in [2.75, 3.05) is 54.5 Å². The van der Waals surface area contributed by atoms with Gasteiger partial charge in [0.25, 0.3) is 0 Å². The zero-order valence-corrected chi connectivity index (χ0v) is 32.2. The van der Waals surface area contributed by atoms with Crippen LogP contribution in [0.5, 0.6) is 28.7 Å². The summed E-state index contributed by atoms with van der Waals surface area (Å²) in [6.45, 7) is 2.59. The summed E-state index contributed by atoms with van der Waals surface area (Å²) >= 11 is 0. The van der Waals surface area contributed by atoms with Crippen molar-refractivity contribution >= 4 is 30.0 Å². The Balaban J connectivity index is 0.000000351. The fourth-order valence-corrected chi connectivity index (χ4v) is 6.19. The van der Waals surface area contributed by atoms with Crippen LogP contribution < -0.4 is 29.0 Å². The molecule has 1 aliphatic rings. The number of nitrogens with one attached hydrogen (secondary N) is 2. The number of carbonyl (C=O) groups excluding carboxylic acids is 3. The molecule has 0 bridgehead atoms. The minimum Gasteiger partial charge on any atom is -0.493 e. The van der Waals surface area contributed by atoms with Gasteiger partial charge in [-0.1, -0.05) is 25.1 Å². The van der Waals surface area contributed by atoms with E-state index in [1.807, 2.05) is 49.4 Å². The molecule has 3 N–H and O–H groups in total. The Labute approximate surface area is 314 Å². The van der Waals surface area contributed by atoms with Crippen molar-refractivity contribution in [1.29, 1.82) is 5.41 Å². The van der Waals surface area contributed by atoms with Gasteiger partial charge in [0.2, 0.25) is 17.6 Å². The summed E-state index contributed by atoms with van der Waals surface area (Å²) < 4.78 is 26.7. The lowest BCUT2D eigenvalue weighted by Crippen LogP contribution is -2.46. The molecule has 12 heteroatoms. The molecule has 2 unspecified atom stereocenters. The topological polar surface area (TPSA) is 157 Å². The van der Waals surface area contributed by atoms with Crippen LogP contribution in [0.4, 0.5) is 5.69 Å². The van der Waals surface area contributed by atoms with E-state index in [1.165, 1.54) is 17.3 Å². The highest BCUT2D eigenvalue weighted by Crippen LogP contribution is 2.41. The average molecular weight is 736 g/mol. The second kappa shape index (κ2) is 24.2. The molecule has 3 aromatic rings. The molecule has 1 fully saturated rings. The molecule has 1 saturated heterocycles. The third-order valence-corrected chi connectivity index (χ3v) is 8.89. The van der Waals surface area contributed by atoms with E-state index in [-0.39, 0.29) is 23.8 Å². The number of hydrogen-bond donors (Lipinski definition) is 3. The van der Waals surface area contributed by atoms with Crippen LogP contribution in [0.25, 0.3) is 0 Å². The fraction of sp³-hybridized carbons (Fsp3) is 0.463. The van der Waals surface area contributed by atoms with Crippen molar-refractivity contribution in [3.05, 3.63) is 71.3 Å². The van der Waals surface area contributed by atoms with Gasteiger partial charge in [-0.05, 0) is 111 Å². The Morgan fingerprint density at radius 1 is 0.868 bits per heavy atom. The Kier molecular flexibility index (Phi) is 20.1. The number of carbonyl (C=O) groups is 3. The molecule has 3 aromatic carbocycles. The predicted octanol–water partition coefficient (Wildman–Crippen LogP) is 6.64. The third kappa shape index (κ3) is 13.1. The first-order valence-corrected chi connectivity index (χ1v) is 17.9. The van der Waals surface area contributed by atoms with Gasteiger partial charge >= 0.3 is 0 Å². The smallest absolute Gasteiger partial charge is 0.230 e. The van der Waals surface area contributed by atoms with E-state index in [1.54, 1.807) is 40.4 Å². The molecule has 0 radical (unpaired) electrons. The number of methoxy groups -OCH3 is 5. The Bertz CT molecular complexity index is 1570. The molecule has 4 rings (SSSR count). The monoisotopic (exact) mass is 735 g/mol. The van der Waals surface area contributed by atoms with Crippen molar-refractivity contribution in [2.45, 2.75) is 76.7 Å².